The van der Waals surface area contributed by atoms with Gasteiger partial charge in [0.2, 0.25) is 0 Å². The van der Waals surface area contributed by atoms with Crippen LogP contribution in [-0.4, -0.2) is 0 Å². The van der Waals surface area contributed by atoms with Gasteiger partial charge in [0.15, 0.2) is 0 Å². The molecule has 156 valence electrons. The van der Waals surface area contributed by atoms with E-state index in [-0.39, 0.29) is 0 Å². The average Bonchev–Trinajstić information content (AvgIpc) is 3.27. The molecule has 7 atom stereocenters. The van der Waals surface area contributed by atoms with Crippen molar-refractivity contribution in [2.75, 3.05) is 0 Å². The molecular weight excluding hydrogens is 324 g/mol. The first-order valence-electron chi connectivity index (χ1n) is 12.9. The van der Waals surface area contributed by atoms with Crippen molar-refractivity contribution in [2.45, 2.75) is 118 Å². The van der Waals surface area contributed by atoms with Crippen molar-refractivity contribution in [3.63, 3.8) is 0 Å². The molecule has 0 aliphatic heterocycles. The molecule has 0 saturated heterocycles. The number of fused-ring (bicyclic) bond motifs is 1. The van der Waals surface area contributed by atoms with Crippen LogP contribution >= 0.6 is 0 Å². The third-order valence-electron chi connectivity index (χ3n) is 10.5. The highest BCUT2D eigenvalue weighted by atomic mass is 14.7. The van der Waals surface area contributed by atoms with E-state index in [2.05, 4.69) is 34.6 Å². The van der Waals surface area contributed by atoms with Crippen LogP contribution in [0.4, 0.5) is 0 Å². The molecule has 0 aromatic heterocycles. The maximum atomic E-state index is 2.76. The zero-order valence-electron chi connectivity index (χ0n) is 19.2. The third kappa shape index (κ3) is 3.77. The molecule has 0 nitrogen and oxygen atoms in total. The Morgan fingerprint density at radius 3 is 2.22 bits per heavy atom. The highest BCUT2D eigenvalue weighted by Gasteiger charge is 2.61. The summed E-state index contributed by atoms with van der Waals surface area (Å²) in [6, 6.07) is 0. The third-order valence-corrected chi connectivity index (χ3v) is 10.5. The van der Waals surface area contributed by atoms with E-state index >= 15 is 0 Å². The van der Waals surface area contributed by atoms with E-state index in [4.69, 9.17) is 0 Å². The molecule has 0 amide bonds. The van der Waals surface area contributed by atoms with Gasteiger partial charge in [0.1, 0.15) is 0 Å². The summed E-state index contributed by atoms with van der Waals surface area (Å²) in [6.07, 6.45) is 20.0. The lowest BCUT2D eigenvalue weighted by molar-refractivity contribution is 0.00836. The van der Waals surface area contributed by atoms with Gasteiger partial charge in [0.05, 0.1) is 0 Å². The quantitative estimate of drug-likeness (QED) is 0.438. The summed E-state index contributed by atoms with van der Waals surface area (Å²) >= 11 is 0. The van der Waals surface area contributed by atoms with Crippen LogP contribution < -0.4 is 0 Å². The summed E-state index contributed by atoms with van der Waals surface area (Å²) < 4.78 is 0. The molecule has 0 heterocycles. The van der Waals surface area contributed by atoms with E-state index in [9.17, 15) is 0 Å². The lowest BCUT2D eigenvalue weighted by Gasteiger charge is -2.48. The van der Waals surface area contributed by atoms with Gasteiger partial charge in [-0.3, -0.25) is 0 Å². The molecule has 0 spiro atoms. The Morgan fingerprint density at radius 2 is 1.52 bits per heavy atom. The molecule has 0 N–H and O–H groups in total. The van der Waals surface area contributed by atoms with Gasteiger partial charge in [-0.15, -0.1) is 0 Å². The van der Waals surface area contributed by atoms with Gasteiger partial charge in [-0.2, -0.15) is 0 Å². The molecule has 0 aromatic rings. The number of hydrogen-bond donors (Lipinski definition) is 0. The Balaban J connectivity index is 1.40. The Kier molecular flexibility index (Phi) is 5.77. The van der Waals surface area contributed by atoms with Crippen LogP contribution in [0.2, 0.25) is 0 Å². The summed E-state index contributed by atoms with van der Waals surface area (Å²) in [5.41, 5.74) is 1.46. The van der Waals surface area contributed by atoms with Gasteiger partial charge >= 0.3 is 0 Å². The molecule has 4 fully saturated rings. The normalized spacial score (nSPS) is 46.4. The van der Waals surface area contributed by atoms with Crippen LogP contribution in [0.1, 0.15) is 118 Å². The van der Waals surface area contributed by atoms with Gasteiger partial charge in [-0.25, -0.2) is 0 Å². The Bertz CT molecular complexity index is 500. The van der Waals surface area contributed by atoms with Gasteiger partial charge in [0.25, 0.3) is 0 Å². The molecule has 4 aliphatic rings. The Morgan fingerprint density at radius 1 is 0.815 bits per heavy atom. The second-order valence-electron chi connectivity index (χ2n) is 12.5. The van der Waals surface area contributed by atoms with Crippen molar-refractivity contribution in [1.29, 1.82) is 0 Å². The summed E-state index contributed by atoms with van der Waals surface area (Å²) in [5.74, 6) is 7.08. The van der Waals surface area contributed by atoms with Crippen LogP contribution in [0.3, 0.4) is 0 Å². The van der Waals surface area contributed by atoms with E-state index < -0.39 is 0 Å². The minimum atomic E-state index is 0.694. The highest BCUT2D eigenvalue weighted by molar-refractivity contribution is 5.11. The van der Waals surface area contributed by atoms with Crippen molar-refractivity contribution >= 4 is 0 Å². The minimum Gasteiger partial charge on any atom is -0.0628 e. The van der Waals surface area contributed by atoms with Gasteiger partial charge < -0.3 is 0 Å². The molecule has 27 heavy (non-hydrogen) atoms. The predicted molar refractivity (Wildman–Crippen MR) is 118 cm³/mol. The first-order valence-corrected chi connectivity index (χ1v) is 12.9. The van der Waals surface area contributed by atoms with Crippen LogP contribution in [0.25, 0.3) is 0 Å². The van der Waals surface area contributed by atoms with E-state index in [0.29, 0.717) is 5.41 Å². The van der Waals surface area contributed by atoms with Crippen LogP contribution in [0.5, 0.6) is 0 Å². The Hall–Kier alpha value is 0. The van der Waals surface area contributed by atoms with Crippen molar-refractivity contribution in [1.82, 2.24) is 0 Å². The van der Waals surface area contributed by atoms with Gasteiger partial charge in [0, 0.05) is 0 Å². The predicted octanol–water partition coefficient (Wildman–Crippen LogP) is 8.50. The average molecular weight is 373 g/mol. The standard InChI is InChI=1S/C27H48/c1-19(2)18-27(16-17-27)25-14-13-24-23(10-7-15-26(24,25)5)12-11-22-9-6-8-20(3)21(22)4/h19-25H,6-18H2,1-5H3. The number of rotatable bonds is 6. The lowest BCUT2D eigenvalue weighted by atomic mass is 9.57. The lowest BCUT2D eigenvalue weighted by Crippen LogP contribution is -2.40. The van der Waals surface area contributed by atoms with E-state index in [1.807, 2.05) is 0 Å². The van der Waals surface area contributed by atoms with Crippen LogP contribution in [0, 0.1) is 52.3 Å². The van der Waals surface area contributed by atoms with Crippen LogP contribution in [0.15, 0.2) is 0 Å². The molecule has 0 bridgehead atoms. The maximum Gasteiger partial charge on any atom is -0.0261 e. The maximum absolute atomic E-state index is 2.76. The Labute approximate surface area is 170 Å². The van der Waals surface area contributed by atoms with E-state index in [0.717, 1.165) is 46.8 Å². The summed E-state index contributed by atoms with van der Waals surface area (Å²) in [6.45, 7) is 12.8. The second kappa shape index (κ2) is 7.68. The van der Waals surface area contributed by atoms with Crippen molar-refractivity contribution in [3.05, 3.63) is 0 Å². The monoisotopic (exact) mass is 372 g/mol. The summed E-state index contributed by atoms with van der Waals surface area (Å²) in [4.78, 5) is 0. The highest BCUT2D eigenvalue weighted by Crippen LogP contribution is 2.70. The van der Waals surface area contributed by atoms with Gasteiger partial charge in [-0.1, -0.05) is 66.7 Å². The SMILES string of the molecule is CC(C)CC1(C2CCC3C(CCC4CCCC(C)C4C)CCCC32C)CC1. The fourth-order valence-corrected chi connectivity index (χ4v) is 8.89. The molecule has 7 unspecified atom stereocenters. The zero-order chi connectivity index (χ0) is 19.2. The van der Waals surface area contributed by atoms with E-state index in [1.54, 1.807) is 51.4 Å². The number of hydrogen-bond acceptors (Lipinski definition) is 0. The molecule has 0 radical (unpaired) electrons. The minimum absolute atomic E-state index is 0.694. The fourth-order valence-electron chi connectivity index (χ4n) is 8.89. The fraction of sp³-hybridized carbons (Fsp3) is 1.00. The van der Waals surface area contributed by atoms with Crippen LogP contribution in [-0.2, 0) is 0 Å². The van der Waals surface area contributed by atoms with E-state index in [1.165, 1.54) is 32.1 Å². The molecule has 0 aromatic carbocycles. The molecule has 0 heteroatoms. The van der Waals surface area contributed by atoms with Gasteiger partial charge in [-0.05, 0) is 104 Å². The molecular formula is C27H48. The van der Waals surface area contributed by atoms with Crippen molar-refractivity contribution < 1.29 is 0 Å². The summed E-state index contributed by atoms with van der Waals surface area (Å²) in [5, 5.41) is 0. The molecule has 4 saturated carbocycles. The zero-order valence-corrected chi connectivity index (χ0v) is 19.2. The molecule has 4 rings (SSSR count). The first kappa shape index (κ1) is 20.3. The summed E-state index contributed by atoms with van der Waals surface area (Å²) in [7, 11) is 0. The smallest absolute Gasteiger partial charge is 0.0261 e. The largest absolute Gasteiger partial charge is 0.0628 e. The van der Waals surface area contributed by atoms with Crippen molar-refractivity contribution in [2.24, 2.45) is 52.3 Å². The van der Waals surface area contributed by atoms with Crippen molar-refractivity contribution in [3.8, 4) is 0 Å². The first-order chi connectivity index (χ1) is 12.9. The topological polar surface area (TPSA) is 0 Å². The molecule has 4 aliphatic carbocycles. The second-order valence-corrected chi connectivity index (χ2v) is 12.5.